The standard InChI is InChI=1S/C8H4F4N4/c9-4-1-2-5(7-13-15-16-14-7)6(3-4)8(10,11)12/h1-3H,(H,13,14,15,16). The largest absolute Gasteiger partial charge is 0.417 e. The van der Waals surface area contributed by atoms with Crippen LogP contribution in [0.3, 0.4) is 0 Å². The minimum atomic E-state index is -4.67. The first-order valence-electron chi connectivity index (χ1n) is 4.09. The molecule has 16 heavy (non-hydrogen) atoms. The molecule has 8 heteroatoms. The van der Waals surface area contributed by atoms with E-state index in [4.69, 9.17) is 0 Å². The summed E-state index contributed by atoms with van der Waals surface area (Å²) in [6, 6.07) is 2.26. The van der Waals surface area contributed by atoms with Crippen LogP contribution in [0.1, 0.15) is 5.56 Å². The number of halogens is 4. The van der Waals surface area contributed by atoms with Crippen LogP contribution in [0.25, 0.3) is 11.4 Å². The third-order valence-corrected chi connectivity index (χ3v) is 1.87. The molecule has 0 spiro atoms. The van der Waals surface area contributed by atoms with E-state index in [-0.39, 0.29) is 11.4 Å². The van der Waals surface area contributed by atoms with Crippen molar-refractivity contribution in [3.05, 3.63) is 29.6 Å². The van der Waals surface area contributed by atoms with Gasteiger partial charge in [0.05, 0.1) is 5.56 Å². The highest BCUT2D eigenvalue weighted by molar-refractivity contribution is 5.60. The zero-order valence-electron chi connectivity index (χ0n) is 7.59. The predicted octanol–water partition coefficient (Wildman–Crippen LogP) is 2.02. The predicted molar refractivity (Wildman–Crippen MR) is 44.6 cm³/mol. The van der Waals surface area contributed by atoms with Gasteiger partial charge in [-0.3, -0.25) is 0 Å². The molecule has 4 nitrogen and oxygen atoms in total. The fraction of sp³-hybridized carbons (Fsp3) is 0.125. The van der Waals surface area contributed by atoms with Crippen molar-refractivity contribution in [1.29, 1.82) is 0 Å². The summed E-state index contributed by atoms with van der Waals surface area (Å²) in [4.78, 5) is 0. The SMILES string of the molecule is Fc1ccc(-c2nn[nH]n2)c(C(F)(F)F)c1. The van der Waals surface area contributed by atoms with E-state index in [0.717, 1.165) is 12.1 Å². The Morgan fingerprint density at radius 3 is 2.50 bits per heavy atom. The molecule has 0 aliphatic heterocycles. The van der Waals surface area contributed by atoms with Crippen LogP contribution in [0, 0.1) is 5.82 Å². The topological polar surface area (TPSA) is 54.5 Å². The van der Waals surface area contributed by atoms with Gasteiger partial charge in [0.15, 0.2) is 0 Å². The number of rotatable bonds is 1. The molecular formula is C8H4F4N4. The Bertz CT molecular complexity index is 491. The van der Waals surface area contributed by atoms with Gasteiger partial charge in [0.2, 0.25) is 5.82 Å². The van der Waals surface area contributed by atoms with Crippen LogP contribution in [0.15, 0.2) is 18.2 Å². The van der Waals surface area contributed by atoms with Crippen LogP contribution in [-0.2, 0) is 6.18 Å². The van der Waals surface area contributed by atoms with E-state index >= 15 is 0 Å². The number of hydrogen-bond donors (Lipinski definition) is 1. The van der Waals surface area contributed by atoms with Crippen molar-refractivity contribution in [2.45, 2.75) is 6.18 Å². The number of aromatic nitrogens is 4. The molecule has 1 aromatic carbocycles. The zero-order chi connectivity index (χ0) is 11.8. The van der Waals surface area contributed by atoms with Gasteiger partial charge in [-0.1, -0.05) is 0 Å². The molecule has 2 rings (SSSR count). The van der Waals surface area contributed by atoms with E-state index < -0.39 is 17.6 Å². The van der Waals surface area contributed by atoms with Crippen LogP contribution in [0.4, 0.5) is 17.6 Å². The van der Waals surface area contributed by atoms with Gasteiger partial charge in [0.1, 0.15) is 5.82 Å². The van der Waals surface area contributed by atoms with E-state index in [9.17, 15) is 17.6 Å². The lowest BCUT2D eigenvalue weighted by atomic mass is 10.1. The molecule has 0 aliphatic carbocycles. The fourth-order valence-electron chi connectivity index (χ4n) is 1.22. The number of aromatic amines is 1. The molecule has 1 N–H and O–H groups in total. The number of H-pyrrole nitrogens is 1. The number of nitrogens with one attached hydrogen (secondary N) is 1. The van der Waals surface area contributed by atoms with Gasteiger partial charge in [-0.15, -0.1) is 10.2 Å². The van der Waals surface area contributed by atoms with Crippen molar-refractivity contribution in [3.63, 3.8) is 0 Å². The minimum absolute atomic E-state index is 0.229. The first-order chi connectivity index (χ1) is 7.48. The summed E-state index contributed by atoms with van der Waals surface area (Å²) in [5.41, 5.74) is -1.45. The number of tetrazole rings is 1. The Kier molecular flexibility index (Phi) is 2.33. The third kappa shape index (κ3) is 1.86. The van der Waals surface area contributed by atoms with Gasteiger partial charge in [-0.05, 0) is 23.4 Å². The number of alkyl halides is 3. The molecule has 0 bridgehead atoms. The van der Waals surface area contributed by atoms with E-state index in [1.807, 2.05) is 5.21 Å². The molecule has 0 unspecified atom stereocenters. The Morgan fingerprint density at radius 1 is 1.19 bits per heavy atom. The van der Waals surface area contributed by atoms with E-state index in [2.05, 4.69) is 15.4 Å². The van der Waals surface area contributed by atoms with Crippen molar-refractivity contribution in [1.82, 2.24) is 20.6 Å². The second-order valence-electron chi connectivity index (χ2n) is 2.92. The summed E-state index contributed by atoms with van der Waals surface area (Å²) in [7, 11) is 0. The molecular weight excluding hydrogens is 228 g/mol. The number of benzene rings is 1. The zero-order valence-corrected chi connectivity index (χ0v) is 7.59. The molecule has 0 amide bonds. The van der Waals surface area contributed by atoms with Crippen LogP contribution >= 0.6 is 0 Å². The lowest BCUT2D eigenvalue weighted by molar-refractivity contribution is -0.137. The summed E-state index contributed by atoms with van der Waals surface area (Å²) < 4.78 is 50.5. The van der Waals surface area contributed by atoms with Crippen molar-refractivity contribution >= 4 is 0 Å². The first-order valence-corrected chi connectivity index (χ1v) is 4.09. The summed E-state index contributed by atoms with van der Waals surface area (Å²) >= 11 is 0. The van der Waals surface area contributed by atoms with Crippen LogP contribution in [0.5, 0.6) is 0 Å². The van der Waals surface area contributed by atoms with E-state index in [0.29, 0.717) is 6.07 Å². The highest BCUT2D eigenvalue weighted by Crippen LogP contribution is 2.35. The maximum absolute atomic E-state index is 12.8. The lowest BCUT2D eigenvalue weighted by Gasteiger charge is -2.10. The molecule has 0 saturated carbocycles. The van der Waals surface area contributed by atoms with Crippen molar-refractivity contribution in [2.75, 3.05) is 0 Å². The summed E-state index contributed by atoms with van der Waals surface area (Å²) in [6.45, 7) is 0. The van der Waals surface area contributed by atoms with Crippen LogP contribution in [-0.4, -0.2) is 20.6 Å². The lowest BCUT2D eigenvalue weighted by Crippen LogP contribution is -2.08. The summed E-state index contributed by atoms with van der Waals surface area (Å²) in [6.07, 6.45) is -4.67. The monoisotopic (exact) mass is 232 g/mol. The maximum atomic E-state index is 12.8. The Labute approximate surface area is 86.3 Å². The quantitative estimate of drug-likeness (QED) is 0.765. The van der Waals surface area contributed by atoms with Gasteiger partial charge in [-0.2, -0.15) is 18.4 Å². The third-order valence-electron chi connectivity index (χ3n) is 1.87. The molecule has 84 valence electrons. The van der Waals surface area contributed by atoms with Gasteiger partial charge in [0, 0.05) is 5.56 Å². The van der Waals surface area contributed by atoms with Gasteiger partial charge in [0.25, 0.3) is 0 Å². The fourth-order valence-corrected chi connectivity index (χ4v) is 1.22. The molecule has 2 aromatic rings. The Morgan fingerprint density at radius 2 is 1.94 bits per heavy atom. The molecule has 1 heterocycles. The van der Waals surface area contributed by atoms with E-state index in [1.165, 1.54) is 0 Å². The first kappa shape index (κ1) is 10.5. The highest BCUT2D eigenvalue weighted by atomic mass is 19.4. The van der Waals surface area contributed by atoms with E-state index in [1.54, 1.807) is 0 Å². The van der Waals surface area contributed by atoms with Crippen LogP contribution in [0.2, 0.25) is 0 Å². The minimum Gasteiger partial charge on any atom is -0.207 e. The molecule has 0 radical (unpaired) electrons. The number of hydrogen-bond acceptors (Lipinski definition) is 3. The van der Waals surface area contributed by atoms with Gasteiger partial charge in [-0.25, -0.2) is 4.39 Å². The van der Waals surface area contributed by atoms with Crippen molar-refractivity contribution < 1.29 is 17.6 Å². The highest BCUT2D eigenvalue weighted by Gasteiger charge is 2.35. The number of nitrogens with zero attached hydrogens (tertiary/aromatic N) is 3. The summed E-state index contributed by atoms with van der Waals surface area (Å²) in [5, 5.41) is 12.0. The second kappa shape index (κ2) is 3.54. The normalized spacial score (nSPS) is 11.8. The van der Waals surface area contributed by atoms with Gasteiger partial charge < -0.3 is 0 Å². The molecule has 0 aliphatic rings. The second-order valence-corrected chi connectivity index (χ2v) is 2.92. The molecule has 1 aromatic heterocycles. The molecule has 0 fully saturated rings. The Hall–Kier alpha value is -1.99. The Balaban J connectivity index is 2.62. The van der Waals surface area contributed by atoms with Crippen LogP contribution < -0.4 is 0 Å². The average Bonchev–Trinajstić information content (AvgIpc) is 2.69. The van der Waals surface area contributed by atoms with Gasteiger partial charge >= 0.3 is 6.18 Å². The molecule has 0 atom stereocenters. The smallest absolute Gasteiger partial charge is 0.207 e. The maximum Gasteiger partial charge on any atom is 0.417 e. The van der Waals surface area contributed by atoms with Crippen molar-refractivity contribution in [2.24, 2.45) is 0 Å². The molecule has 0 saturated heterocycles. The summed E-state index contributed by atoms with van der Waals surface area (Å²) in [5.74, 6) is -1.20. The van der Waals surface area contributed by atoms with Crippen molar-refractivity contribution in [3.8, 4) is 11.4 Å². The average molecular weight is 232 g/mol.